The fourth-order valence-corrected chi connectivity index (χ4v) is 1.87. The third-order valence-corrected chi connectivity index (χ3v) is 3.10. The highest BCUT2D eigenvalue weighted by Crippen LogP contribution is 2.05. The van der Waals surface area contributed by atoms with E-state index in [2.05, 4.69) is 29.8 Å². The number of piperidine rings is 1. The molecule has 1 aliphatic heterocycles. The third-order valence-electron chi connectivity index (χ3n) is 3.10. The average molecular weight is 269 g/mol. The molecule has 1 rings (SSSR count). The van der Waals surface area contributed by atoms with Gasteiger partial charge in [-0.2, -0.15) is 0 Å². The number of amides is 3. The number of hydrogen-bond donors (Lipinski definition) is 3. The van der Waals surface area contributed by atoms with Crippen molar-refractivity contribution < 1.29 is 14.4 Å². The van der Waals surface area contributed by atoms with Gasteiger partial charge in [0, 0.05) is 13.0 Å². The molecule has 0 aliphatic carbocycles. The molecule has 6 heteroatoms. The second-order valence-corrected chi connectivity index (χ2v) is 5.37. The Hall–Kier alpha value is -1.43. The van der Waals surface area contributed by atoms with Gasteiger partial charge in [-0.3, -0.25) is 25.0 Å². The molecule has 1 heterocycles. The van der Waals surface area contributed by atoms with E-state index in [-0.39, 0.29) is 17.7 Å². The monoisotopic (exact) mass is 269 g/mol. The lowest BCUT2D eigenvalue weighted by atomic mass is 10.1. The summed E-state index contributed by atoms with van der Waals surface area (Å²) in [5.74, 6) is -0.181. The summed E-state index contributed by atoms with van der Waals surface area (Å²) in [7, 11) is 0. The molecule has 0 aromatic carbocycles. The Bertz CT molecular complexity index is 355. The zero-order chi connectivity index (χ0) is 14.4. The van der Waals surface area contributed by atoms with E-state index in [0.29, 0.717) is 25.3 Å². The Morgan fingerprint density at radius 3 is 2.63 bits per heavy atom. The van der Waals surface area contributed by atoms with Crippen molar-refractivity contribution in [3.05, 3.63) is 0 Å². The van der Waals surface area contributed by atoms with Crippen LogP contribution in [-0.4, -0.2) is 36.3 Å². The molecule has 0 bridgehead atoms. The Morgan fingerprint density at radius 1 is 1.37 bits per heavy atom. The van der Waals surface area contributed by atoms with E-state index in [9.17, 15) is 14.4 Å². The lowest BCUT2D eigenvalue weighted by Gasteiger charge is -2.25. The van der Waals surface area contributed by atoms with Crippen LogP contribution in [0.15, 0.2) is 0 Å². The van der Waals surface area contributed by atoms with Gasteiger partial charge in [0.05, 0.1) is 12.1 Å². The minimum absolute atomic E-state index is 0.120. The van der Waals surface area contributed by atoms with Gasteiger partial charge >= 0.3 is 0 Å². The maximum Gasteiger partial charge on any atom is 0.243 e. The van der Waals surface area contributed by atoms with Crippen molar-refractivity contribution in [3.63, 3.8) is 0 Å². The molecule has 1 saturated heterocycles. The normalized spacial score (nSPS) is 21.2. The zero-order valence-corrected chi connectivity index (χ0v) is 11.8. The summed E-state index contributed by atoms with van der Waals surface area (Å²) in [5.41, 5.74) is 0. The highest BCUT2D eigenvalue weighted by Gasteiger charge is 2.28. The van der Waals surface area contributed by atoms with Crippen LogP contribution in [0, 0.1) is 5.92 Å². The maximum absolute atomic E-state index is 11.8. The van der Waals surface area contributed by atoms with Gasteiger partial charge in [-0.1, -0.05) is 13.8 Å². The standard InChI is InChI=1S/C13H23N3O3/c1-8(2)6-7-14-12(18)9(3)15-10-4-5-11(17)16-13(10)19/h8-10,15H,4-7H2,1-3H3,(H,14,18)(H,16,17,19). The fraction of sp³-hybridized carbons (Fsp3) is 0.769. The predicted octanol–water partition coefficient (Wildman–Crippen LogP) is -0.0680. The van der Waals surface area contributed by atoms with E-state index in [1.165, 1.54) is 0 Å². The largest absolute Gasteiger partial charge is 0.355 e. The first kappa shape index (κ1) is 15.6. The van der Waals surface area contributed by atoms with Crippen molar-refractivity contribution >= 4 is 17.7 Å². The summed E-state index contributed by atoms with van der Waals surface area (Å²) in [4.78, 5) is 34.3. The molecular formula is C13H23N3O3. The first-order valence-corrected chi connectivity index (χ1v) is 6.77. The topological polar surface area (TPSA) is 87.3 Å². The van der Waals surface area contributed by atoms with Crippen molar-refractivity contribution in [1.29, 1.82) is 0 Å². The molecule has 0 saturated carbocycles. The zero-order valence-electron chi connectivity index (χ0n) is 11.8. The van der Waals surface area contributed by atoms with Crippen molar-refractivity contribution in [3.8, 4) is 0 Å². The van der Waals surface area contributed by atoms with E-state index >= 15 is 0 Å². The Morgan fingerprint density at radius 2 is 2.05 bits per heavy atom. The molecule has 1 aliphatic rings. The first-order valence-electron chi connectivity index (χ1n) is 6.77. The van der Waals surface area contributed by atoms with Crippen LogP contribution in [0.25, 0.3) is 0 Å². The molecular weight excluding hydrogens is 246 g/mol. The quantitative estimate of drug-likeness (QED) is 0.589. The molecule has 0 aromatic rings. The van der Waals surface area contributed by atoms with E-state index in [0.717, 1.165) is 6.42 Å². The van der Waals surface area contributed by atoms with Crippen LogP contribution in [0.2, 0.25) is 0 Å². The van der Waals surface area contributed by atoms with Crippen molar-refractivity contribution in [2.45, 2.75) is 52.1 Å². The Kier molecular flexibility index (Phi) is 5.95. The molecule has 3 amide bonds. The number of carbonyl (C=O) groups excluding carboxylic acids is 3. The van der Waals surface area contributed by atoms with Gasteiger partial charge in [-0.15, -0.1) is 0 Å². The molecule has 6 nitrogen and oxygen atoms in total. The summed E-state index contributed by atoms with van der Waals surface area (Å²) in [6.45, 7) is 6.54. The van der Waals surface area contributed by atoms with Crippen LogP contribution < -0.4 is 16.0 Å². The minimum atomic E-state index is -0.469. The highest BCUT2D eigenvalue weighted by atomic mass is 16.2. The summed E-state index contributed by atoms with van der Waals surface area (Å²) in [5, 5.41) is 8.04. The average Bonchev–Trinajstić information content (AvgIpc) is 2.32. The van der Waals surface area contributed by atoms with Crippen LogP contribution in [0.5, 0.6) is 0 Å². The molecule has 2 unspecified atom stereocenters. The molecule has 0 aromatic heterocycles. The molecule has 108 valence electrons. The van der Waals surface area contributed by atoms with Crippen molar-refractivity contribution in [1.82, 2.24) is 16.0 Å². The maximum atomic E-state index is 11.8. The minimum Gasteiger partial charge on any atom is -0.355 e. The van der Waals surface area contributed by atoms with Gasteiger partial charge in [0.1, 0.15) is 0 Å². The Balaban J connectivity index is 2.33. The number of nitrogens with one attached hydrogen (secondary N) is 3. The molecule has 0 radical (unpaired) electrons. The van der Waals surface area contributed by atoms with Gasteiger partial charge in [-0.05, 0) is 25.7 Å². The summed E-state index contributed by atoms with van der Waals surface area (Å²) < 4.78 is 0. The molecule has 3 N–H and O–H groups in total. The number of carbonyl (C=O) groups is 3. The van der Waals surface area contributed by atoms with Crippen molar-refractivity contribution in [2.75, 3.05) is 6.54 Å². The number of hydrogen-bond acceptors (Lipinski definition) is 4. The van der Waals surface area contributed by atoms with Crippen LogP contribution in [-0.2, 0) is 14.4 Å². The SMILES string of the molecule is CC(C)CCNC(=O)C(C)NC1CCC(=O)NC1=O. The molecule has 0 spiro atoms. The van der Waals surface area contributed by atoms with Gasteiger partial charge in [-0.25, -0.2) is 0 Å². The van der Waals surface area contributed by atoms with Crippen LogP contribution in [0.3, 0.4) is 0 Å². The van der Waals surface area contributed by atoms with Crippen molar-refractivity contribution in [2.24, 2.45) is 5.92 Å². The van der Waals surface area contributed by atoms with Gasteiger partial charge in [0.15, 0.2) is 0 Å². The second kappa shape index (κ2) is 7.23. The third kappa shape index (κ3) is 5.38. The van der Waals surface area contributed by atoms with E-state index in [1.54, 1.807) is 6.92 Å². The van der Waals surface area contributed by atoms with E-state index in [1.807, 2.05) is 0 Å². The van der Waals surface area contributed by atoms with Crippen LogP contribution in [0.4, 0.5) is 0 Å². The van der Waals surface area contributed by atoms with Crippen LogP contribution in [0.1, 0.15) is 40.0 Å². The first-order chi connectivity index (χ1) is 8.90. The second-order valence-electron chi connectivity index (χ2n) is 5.37. The Labute approximate surface area is 113 Å². The fourth-order valence-electron chi connectivity index (χ4n) is 1.87. The lowest BCUT2D eigenvalue weighted by molar-refractivity contribution is -0.135. The van der Waals surface area contributed by atoms with Gasteiger partial charge < -0.3 is 5.32 Å². The molecule has 19 heavy (non-hydrogen) atoms. The lowest BCUT2D eigenvalue weighted by Crippen LogP contribution is -2.55. The predicted molar refractivity (Wildman–Crippen MR) is 71.2 cm³/mol. The number of imide groups is 1. The van der Waals surface area contributed by atoms with Gasteiger partial charge in [0.2, 0.25) is 17.7 Å². The van der Waals surface area contributed by atoms with Crippen LogP contribution >= 0.6 is 0 Å². The molecule has 1 fully saturated rings. The highest BCUT2D eigenvalue weighted by molar-refractivity contribution is 6.00. The van der Waals surface area contributed by atoms with Gasteiger partial charge in [0.25, 0.3) is 0 Å². The molecule has 2 atom stereocenters. The summed E-state index contributed by atoms with van der Waals surface area (Å²) in [6.07, 6.45) is 1.68. The smallest absolute Gasteiger partial charge is 0.243 e. The summed E-state index contributed by atoms with van der Waals surface area (Å²) in [6, 6.07) is -0.917. The van der Waals surface area contributed by atoms with E-state index in [4.69, 9.17) is 0 Å². The van der Waals surface area contributed by atoms with E-state index < -0.39 is 12.1 Å². The summed E-state index contributed by atoms with van der Waals surface area (Å²) >= 11 is 0. The number of rotatable bonds is 6.